The van der Waals surface area contributed by atoms with Gasteiger partial charge >= 0.3 is 0 Å². The number of carbonyl (C=O) groups excluding carboxylic acids is 3. The van der Waals surface area contributed by atoms with Gasteiger partial charge in [-0.05, 0) is 43.5 Å². The maximum atomic E-state index is 13.4. The number of aromatic amines is 1. The lowest BCUT2D eigenvalue weighted by Crippen LogP contribution is -2.62. The summed E-state index contributed by atoms with van der Waals surface area (Å²) in [5.41, 5.74) is 2.17. The maximum Gasteiger partial charge on any atom is 0.257 e. The van der Waals surface area contributed by atoms with E-state index in [0.29, 0.717) is 29.9 Å². The van der Waals surface area contributed by atoms with Gasteiger partial charge in [0.25, 0.3) is 5.91 Å². The van der Waals surface area contributed by atoms with Crippen LogP contribution in [0.1, 0.15) is 62.3 Å². The van der Waals surface area contributed by atoms with Crippen molar-refractivity contribution in [2.24, 2.45) is 5.92 Å². The van der Waals surface area contributed by atoms with E-state index in [0.717, 1.165) is 11.0 Å². The van der Waals surface area contributed by atoms with Gasteiger partial charge in [0, 0.05) is 19.4 Å². The highest BCUT2D eigenvalue weighted by Gasteiger charge is 2.52. The number of nitrogens with zero attached hydrogens (tertiary/aromatic N) is 3. The van der Waals surface area contributed by atoms with Crippen molar-refractivity contribution >= 4 is 34.4 Å². The quantitative estimate of drug-likeness (QED) is 0.586. The molecule has 2 aromatic carbocycles. The number of hydrogen-bond donors (Lipinski definition) is 2. The molecule has 1 fully saturated rings. The molecule has 2 unspecified atom stereocenters. The summed E-state index contributed by atoms with van der Waals surface area (Å²) in [7, 11) is 0. The maximum absolute atomic E-state index is 13.4. The van der Waals surface area contributed by atoms with E-state index in [1.165, 1.54) is 0 Å². The highest BCUT2D eigenvalue weighted by Crippen LogP contribution is 2.44. The lowest BCUT2D eigenvalue weighted by molar-refractivity contribution is -0.122. The Morgan fingerprint density at radius 1 is 1.15 bits per heavy atom. The molecule has 2 atom stereocenters. The fourth-order valence-corrected chi connectivity index (χ4v) is 5.17. The molecular weight excluding hydrogens is 430 g/mol. The van der Waals surface area contributed by atoms with Gasteiger partial charge in [-0.2, -0.15) is 0 Å². The summed E-state index contributed by atoms with van der Waals surface area (Å²) in [5, 5.41) is 3.10. The Balaban J connectivity index is 1.34. The first-order valence-electron chi connectivity index (χ1n) is 11.8. The monoisotopic (exact) mass is 459 g/mol. The van der Waals surface area contributed by atoms with Crippen molar-refractivity contribution in [3.05, 3.63) is 59.9 Å². The summed E-state index contributed by atoms with van der Waals surface area (Å²) in [4.78, 5) is 50.5. The second kappa shape index (κ2) is 8.27. The Morgan fingerprint density at radius 2 is 1.88 bits per heavy atom. The van der Waals surface area contributed by atoms with Crippen LogP contribution >= 0.6 is 0 Å². The molecule has 3 heterocycles. The molecule has 2 aliphatic rings. The van der Waals surface area contributed by atoms with Crippen LogP contribution in [0.5, 0.6) is 0 Å². The van der Waals surface area contributed by atoms with E-state index in [1.54, 1.807) is 21.9 Å². The van der Waals surface area contributed by atoms with Gasteiger partial charge in [0.05, 0.1) is 28.3 Å². The van der Waals surface area contributed by atoms with Gasteiger partial charge in [-0.3, -0.25) is 19.3 Å². The number of hydrogen-bond acceptors (Lipinski definition) is 4. The molecule has 34 heavy (non-hydrogen) atoms. The zero-order valence-electron chi connectivity index (χ0n) is 19.7. The molecule has 0 radical (unpaired) electrons. The molecule has 0 saturated carbocycles. The summed E-state index contributed by atoms with van der Waals surface area (Å²) in [6, 6.07) is 14.7. The molecule has 0 spiro atoms. The van der Waals surface area contributed by atoms with Gasteiger partial charge in [-0.25, -0.2) is 4.98 Å². The lowest BCUT2D eigenvalue weighted by atomic mass is 9.98. The van der Waals surface area contributed by atoms with Crippen molar-refractivity contribution in [2.75, 3.05) is 11.4 Å². The standard InChI is InChI=1S/C26H29N5O3/c1-16(2)23(24-27-18-9-5-6-10-19(18)28-24)29-21(32)13-15-30-25(34)17-8-4-7-11-20(17)31-22(33)12-14-26(30,31)3/h4-11,16,23H,12-15H2,1-3H3,(H,27,28)(H,29,32). The van der Waals surface area contributed by atoms with Crippen LogP contribution in [0.3, 0.4) is 0 Å². The smallest absolute Gasteiger partial charge is 0.257 e. The van der Waals surface area contributed by atoms with Crippen molar-refractivity contribution in [1.29, 1.82) is 0 Å². The number of fused-ring (bicyclic) bond motifs is 4. The molecule has 3 aromatic rings. The number of anilines is 1. The number of H-pyrrole nitrogens is 1. The van der Waals surface area contributed by atoms with E-state index in [2.05, 4.69) is 15.3 Å². The number of rotatable bonds is 6. The van der Waals surface area contributed by atoms with E-state index in [4.69, 9.17) is 0 Å². The molecule has 5 rings (SSSR count). The van der Waals surface area contributed by atoms with Gasteiger partial charge < -0.3 is 15.2 Å². The van der Waals surface area contributed by atoms with Crippen LogP contribution in [0.25, 0.3) is 11.0 Å². The molecule has 3 amide bonds. The van der Waals surface area contributed by atoms with Crippen LogP contribution in [-0.4, -0.2) is 44.8 Å². The number of benzene rings is 2. The molecule has 8 nitrogen and oxygen atoms in total. The summed E-state index contributed by atoms with van der Waals surface area (Å²) in [6.45, 7) is 6.21. The Kier molecular flexibility index (Phi) is 5.38. The normalized spacial score (nSPS) is 20.6. The first-order valence-corrected chi connectivity index (χ1v) is 11.8. The Labute approximate surface area is 198 Å². The van der Waals surface area contributed by atoms with Gasteiger partial charge in [0.2, 0.25) is 11.8 Å². The molecular formula is C26H29N5O3. The molecule has 2 N–H and O–H groups in total. The number of carbonyl (C=O) groups is 3. The third-order valence-corrected chi connectivity index (χ3v) is 6.99. The average Bonchev–Trinajstić information content (AvgIpc) is 3.38. The third-order valence-electron chi connectivity index (χ3n) is 6.99. The van der Waals surface area contributed by atoms with Crippen molar-refractivity contribution in [2.45, 2.75) is 51.7 Å². The number of para-hydroxylation sites is 3. The van der Waals surface area contributed by atoms with E-state index in [1.807, 2.05) is 57.2 Å². The third kappa shape index (κ3) is 3.54. The predicted octanol–water partition coefficient (Wildman–Crippen LogP) is 3.77. The highest BCUT2D eigenvalue weighted by molar-refractivity contribution is 6.10. The van der Waals surface area contributed by atoms with Crippen LogP contribution in [0, 0.1) is 5.92 Å². The van der Waals surface area contributed by atoms with E-state index in [9.17, 15) is 14.4 Å². The van der Waals surface area contributed by atoms with Crippen molar-refractivity contribution in [1.82, 2.24) is 20.2 Å². The predicted molar refractivity (Wildman–Crippen MR) is 129 cm³/mol. The zero-order valence-corrected chi connectivity index (χ0v) is 19.7. The molecule has 0 bridgehead atoms. The molecule has 0 aliphatic carbocycles. The first-order chi connectivity index (χ1) is 16.3. The molecule has 1 saturated heterocycles. The Morgan fingerprint density at radius 3 is 2.65 bits per heavy atom. The van der Waals surface area contributed by atoms with Crippen LogP contribution in [0.2, 0.25) is 0 Å². The van der Waals surface area contributed by atoms with Crippen LogP contribution in [0.15, 0.2) is 48.5 Å². The van der Waals surface area contributed by atoms with E-state index < -0.39 is 5.66 Å². The fourth-order valence-electron chi connectivity index (χ4n) is 5.17. The van der Waals surface area contributed by atoms with Gasteiger partial charge in [0.15, 0.2) is 0 Å². The number of aromatic nitrogens is 2. The summed E-state index contributed by atoms with van der Waals surface area (Å²) in [6.07, 6.45) is 1.05. The number of nitrogens with one attached hydrogen (secondary N) is 2. The largest absolute Gasteiger partial charge is 0.346 e. The summed E-state index contributed by atoms with van der Waals surface area (Å²) in [5.74, 6) is 0.530. The van der Waals surface area contributed by atoms with E-state index in [-0.39, 0.29) is 42.6 Å². The second-order valence-corrected chi connectivity index (χ2v) is 9.60. The molecule has 1 aromatic heterocycles. The minimum atomic E-state index is -0.765. The minimum absolute atomic E-state index is 0.00154. The minimum Gasteiger partial charge on any atom is -0.346 e. The summed E-state index contributed by atoms with van der Waals surface area (Å²) >= 11 is 0. The first kappa shape index (κ1) is 22.1. The van der Waals surface area contributed by atoms with Gasteiger partial charge in [-0.1, -0.05) is 38.1 Å². The van der Waals surface area contributed by atoms with Crippen molar-refractivity contribution in [3.8, 4) is 0 Å². The number of amides is 3. The highest BCUT2D eigenvalue weighted by atomic mass is 16.2. The fraction of sp³-hybridized carbons (Fsp3) is 0.385. The van der Waals surface area contributed by atoms with E-state index >= 15 is 0 Å². The molecule has 2 aliphatic heterocycles. The lowest BCUT2D eigenvalue weighted by Gasteiger charge is -2.48. The van der Waals surface area contributed by atoms with Crippen molar-refractivity contribution < 1.29 is 14.4 Å². The average molecular weight is 460 g/mol. The van der Waals surface area contributed by atoms with Crippen LogP contribution in [0.4, 0.5) is 5.69 Å². The topological polar surface area (TPSA) is 98.4 Å². The Bertz CT molecular complexity index is 1250. The zero-order chi connectivity index (χ0) is 24.0. The van der Waals surface area contributed by atoms with Crippen molar-refractivity contribution in [3.63, 3.8) is 0 Å². The summed E-state index contributed by atoms with van der Waals surface area (Å²) < 4.78 is 0. The number of imidazole rings is 1. The molecule has 8 heteroatoms. The van der Waals surface area contributed by atoms with Gasteiger partial charge in [-0.15, -0.1) is 0 Å². The second-order valence-electron chi connectivity index (χ2n) is 9.60. The van der Waals surface area contributed by atoms with Gasteiger partial charge in [0.1, 0.15) is 11.5 Å². The Hall–Kier alpha value is -3.68. The SMILES string of the molecule is CC(C)C(NC(=O)CCN1C(=O)c2ccccc2N2C(=O)CCC12C)c1nc2ccccc2[nH]1. The molecule has 176 valence electrons. The van der Waals surface area contributed by atoms with Crippen LogP contribution < -0.4 is 10.2 Å². The van der Waals surface area contributed by atoms with Crippen LogP contribution in [-0.2, 0) is 9.59 Å².